The van der Waals surface area contributed by atoms with E-state index in [1.54, 1.807) is 23.2 Å². The van der Waals surface area contributed by atoms with Crippen LogP contribution in [-0.2, 0) is 0 Å². The molecule has 1 amide bonds. The normalized spacial score (nSPS) is 17.0. The Bertz CT molecular complexity index is 1020. The van der Waals surface area contributed by atoms with Gasteiger partial charge in [0.25, 0.3) is 5.91 Å². The molecule has 0 unspecified atom stereocenters. The molecule has 28 heavy (non-hydrogen) atoms. The van der Waals surface area contributed by atoms with Crippen LogP contribution in [0.15, 0.2) is 41.1 Å². The third kappa shape index (κ3) is 3.52. The van der Waals surface area contributed by atoms with Crippen LogP contribution in [0.3, 0.4) is 0 Å². The predicted octanol–water partition coefficient (Wildman–Crippen LogP) is 4.25. The second-order valence-corrected chi connectivity index (χ2v) is 7.07. The number of hydrogen-bond donors (Lipinski definition) is 0. The molecule has 0 saturated carbocycles. The molecule has 7 heteroatoms. The maximum Gasteiger partial charge on any atom is 0.254 e. The zero-order valence-corrected chi connectivity index (χ0v) is 15.9. The molecule has 6 nitrogen and oxygen atoms in total. The zero-order valence-electron chi connectivity index (χ0n) is 15.9. The molecule has 3 aromatic rings. The van der Waals surface area contributed by atoms with Crippen LogP contribution < -0.4 is 0 Å². The summed E-state index contributed by atoms with van der Waals surface area (Å²) < 4.78 is 19.1. The summed E-state index contributed by atoms with van der Waals surface area (Å²) in [4.78, 5) is 23.9. The first kappa shape index (κ1) is 18.3. The van der Waals surface area contributed by atoms with Gasteiger partial charge in [0.1, 0.15) is 11.6 Å². The summed E-state index contributed by atoms with van der Waals surface area (Å²) in [5, 5.41) is 3.96. The number of halogens is 1. The van der Waals surface area contributed by atoms with Crippen molar-refractivity contribution in [1.29, 1.82) is 0 Å². The van der Waals surface area contributed by atoms with Gasteiger partial charge in [-0.1, -0.05) is 11.2 Å². The van der Waals surface area contributed by atoms with Crippen LogP contribution in [0.2, 0.25) is 0 Å². The zero-order chi connectivity index (χ0) is 19.7. The van der Waals surface area contributed by atoms with Crippen molar-refractivity contribution < 1.29 is 13.7 Å². The lowest BCUT2D eigenvalue weighted by molar-refractivity contribution is 0.0605. The average molecular weight is 380 g/mol. The van der Waals surface area contributed by atoms with Gasteiger partial charge in [0, 0.05) is 24.4 Å². The Morgan fingerprint density at radius 3 is 2.86 bits per heavy atom. The predicted molar refractivity (Wildman–Crippen MR) is 101 cm³/mol. The highest BCUT2D eigenvalue weighted by Crippen LogP contribution is 2.36. The lowest BCUT2D eigenvalue weighted by atomic mass is 9.94. The van der Waals surface area contributed by atoms with E-state index < -0.39 is 5.82 Å². The first-order chi connectivity index (χ1) is 13.5. The van der Waals surface area contributed by atoms with Crippen molar-refractivity contribution in [3.63, 3.8) is 0 Å². The van der Waals surface area contributed by atoms with Crippen molar-refractivity contribution in [3.8, 4) is 11.3 Å². The summed E-state index contributed by atoms with van der Waals surface area (Å²) in [7, 11) is 0. The molecule has 0 aliphatic carbocycles. The van der Waals surface area contributed by atoms with Gasteiger partial charge in [-0.05, 0) is 51.3 Å². The lowest BCUT2D eigenvalue weighted by Crippen LogP contribution is -2.39. The fourth-order valence-electron chi connectivity index (χ4n) is 3.67. The molecule has 2 aromatic heterocycles. The Labute approximate surface area is 162 Å². The lowest BCUT2D eigenvalue weighted by Gasteiger charge is -2.36. The first-order valence-electron chi connectivity index (χ1n) is 9.36. The van der Waals surface area contributed by atoms with Crippen molar-refractivity contribution >= 4 is 5.91 Å². The quantitative estimate of drug-likeness (QED) is 0.679. The van der Waals surface area contributed by atoms with Crippen LogP contribution >= 0.6 is 0 Å². The Balaban J connectivity index is 1.76. The maximum atomic E-state index is 13.6. The van der Waals surface area contributed by atoms with E-state index in [1.807, 2.05) is 19.9 Å². The number of rotatable bonds is 3. The summed E-state index contributed by atoms with van der Waals surface area (Å²) in [5.74, 6) is 0.588. The van der Waals surface area contributed by atoms with Crippen molar-refractivity contribution in [3.05, 3.63) is 65.1 Å². The smallest absolute Gasteiger partial charge is 0.254 e. The van der Waals surface area contributed by atoms with Crippen LogP contribution in [0.5, 0.6) is 0 Å². The minimum Gasteiger partial charge on any atom is -0.356 e. The summed E-state index contributed by atoms with van der Waals surface area (Å²) >= 11 is 0. The Hall–Kier alpha value is -3.09. The number of hydrogen-bond acceptors (Lipinski definition) is 5. The summed E-state index contributed by atoms with van der Waals surface area (Å²) in [6, 6.07) is 7.41. The molecule has 1 aliphatic rings. The number of aromatic nitrogens is 3. The largest absolute Gasteiger partial charge is 0.356 e. The van der Waals surface area contributed by atoms with E-state index in [9.17, 15) is 9.18 Å². The van der Waals surface area contributed by atoms with Crippen molar-refractivity contribution in [1.82, 2.24) is 20.0 Å². The number of aryl methyl sites for hydroxylation is 2. The molecule has 1 aromatic carbocycles. The molecule has 0 N–H and O–H groups in total. The third-order valence-electron chi connectivity index (χ3n) is 4.98. The van der Waals surface area contributed by atoms with E-state index in [1.165, 1.54) is 12.1 Å². The molecule has 1 atom stereocenters. The van der Waals surface area contributed by atoms with Gasteiger partial charge in [0.15, 0.2) is 5.76 Å². The van der Waals surface area contributed by atoms with Crippen LogP contribution in [0, 0.1) is 19.7 Å². The van der Waals surface area contributed by atoms with Crippen LogP contribution in [0.25, 0.3) is 11.3 Å². The molecule has 4 rings (SSSR count). The standard InChI is InChI=1S/C21H21FN4O2/c1-13-10-19(28-25-13)17-12-23-14(2)24-20(17)18-8-3-4-9-26(18)21(27)15-6-5-7-16(22)11-15/h5-7,10-12,18H,3-4,8-9H2,1-2H3/t18-/m0/s1. The molecule has 0 radical (unpaired) electrons. The average Bonchev–Trinajstić information content (AvgIpc) is 3.13. The third-order valence-corrected chi connectivity index (χ3v) is 4.98. The monoisotopic (exact) mass is 380 g/mol. The van der Waals surface area contributed by atoms with Crippen LogP contribution in [0.1, 0.15) is 52.9 Å². The van der Waals surface area contributed by atoms with E-state index in [2.05, 4.69) is 15.1 Å². The highest BCUT2D eigenvalue weighted by molar-refractivity contribution is 5.94. The van der Waals surface area contributed by atoms with E-state index in [4.69, 9.17) is 4.52 Å². The highest BCUT2D eigenvalue weighted by Gasteiger charge is 2.32. The van der Waals surface area contributed by atoms with Gasteiger partial charge in [-0.25, -0.2) is 14.4 Å². The summed E-state index contributed by atoms with van der Waals surface area (Å²) in [5.41, 5.74) is 2.58. The highest BCUT2D eigenvalue weighted by atomic mass is 19.1. The van der Waals surface area contributed by atoms with Gasteiger partial charge in [-0.2, -0.15) is 0 Å². The number of carbonyl (C=O) groups is 1. The molecule has 0 bridgehead atoms. The van der Waals surface area contributed by atoms with Gasteiger partial charge in [-0.3, -0.25) is 4.79 Å². The molecule has 3 heterocycles. The minimum absolute atomic E-state index is 0.194. The van der Waals surface area contributed by atoms with E-state index in [0.717, 1.165) is 36.2 Å². The van der Waals surface area contributed by atoms with E-state index in [-0.39, 0.29) is 11.9 Å². The molecule has 1 saturated heterocycles. The number of carbonyl (C=O) groups excluding carboxylic acids is 1. The van der Waals surface area contributed by atoms with Gasteiger partial charge >= 0.3 is 0 Å². The first-order valence-corrected chi connectivity index (χ1v) is 9.36. The van der Waals surface area contributed by atoms with E-state index in [0.29, 0.717) is 23.7 Å². The topological polar surface area (TPSA) is 72.1 Å². The minimum atomic E-state index is -0.421. The molecule has 0 spiro atoms. The van der Waals surface area contributed by atoms with Crippen molar-refractivity contribution in [2.24, 2.45) is 0 Å². The summed E-state index contributed by atoms with van der Waals surface area (Å²) in [6.45, 7) is 4.26. The second kappa shape index (κ2) is 7.50. The molecular formula is C21H21FN4O2. The number of nitrogens with zero attached hydrogens (tertiary/aromatic N) is 4. The van der Waals surface area contributed by atoms with Gasteiger partial charge < -0.3 is 9.42 Å². The van der Waals surface area contributed by atoms with Crippen molar-refractivity contribution in [2.75, 3.05) is 6.54 Å². The van der Waals surface area contributed by atoms with Gasteiger partial charge in [0.2, 0.25) is 0 Å². The molecule has 1 aliphatic heterocycles. The van der Waals surface area contributed by atoms with Crippen molar-refractivity contribution in [2.45, 2.75) is 39.2 Å². The SMILES string of the molecule is Cc1cc(-c2cnc(C)nc2[C@@H]2CCCCN2C(=O)c2cccc(F)c2)on1. The van der Waals surface area contributed by atoms with Crippen LogP contribution in [0.4, 0.5) is 4.39 Å². The number of piperidine rings is 1. The Morgan fingerprint density at radius 1 is 1.25 bits per heavy atom. The maximum absolute atomic E-state index is 13.6. The number of amides is 1. The second-order valence-electron chi connectivity index (χ2n) is 7.07. The Kier molecular flexibility index (Phi) is 4.90. The molecule has 1 fully saturated rings. The molecule has 144 valence electrons. The van der Waals surface area contributed by atoms with E-state index >= 15 is 0 Å². The Morgan fingerprint density at radius 2 is 2.11 bits per heavy atom. The van der Waals surface area contributed by atoms with Crippen LogP contribution in [-0.4, -0.2) is 32.5 Å². The number of benzene rings is 1. The fraction of sp³-hybridized carbons (Fsp3) is 0.333. The van der Waals surface area contributed by atoms with Gasteiger partial charge in [0.05, 0.1) is 23.0 Å². The fourth-order valence-corrected chi connectivity index (χ4v) is 3.67. The van der Waals surface area contributed by atoms with Gasteiger partial charge in [-0.15, -0.1) is 0 Å². The molecular weight excluding hydrogens is 359 g/mol. The number of likely N-dealkylation sites (tertiary alicyclic amines) is 1. The summed E-state index contributed by atoms with van der Waals surface area (Å²) in [6.07, 6.45) is 4.38.